The number of ketones is 1. The van der Waals surface area contributed by atoms with Crippen LogP contribution in [0.15, 0.2) is 11.6 Å². The zero-order valence-electron chi connectivity index (χ0n) is 9.58. The van der Waals surface area contributed by atoms with Crippen molar-refractivity contribution >= 4 is 11.8 Å². The molecular weight excluding hydrogens is 192 g/mol. The number of carbonyl (C=O) groups excluding carboxylic acids is 2. The van der Waals surface area contributed by atoms with Crippen molar-refractivity contribution in [2.75, 3.05) is 7.11 Å². The van der Waals surface area contributed by atoms with Crippen molar-refractivity contribution in [1.82, 2.24) is 0 Å². The second-order valence-corrected chi connectivity index (χ2v) is 3.97. The summed E-state index contributed by atoms with van der Waals surface area (Å²) >= 11 is 0. The maximum absolute atomic E-state index is 11.5. The van der Waals surface area contributed by atoms with E-state index in [0.29, 0.717) is 0 Å². The SMILES string of the molecule is C/C=C1/CCCC1C(C(C)=O)C(=O)OC. The van der Waals surface area contributed by atoms with Gasteiger partial charge in [-0.25, -0.2) is 0 Å². The number of hydrogen-bond acceptors (Lipinski definition) is 3. The minimum Gasteiger partial charge on any atom is -0.468 e. The predicted octanol–water partition coefficient (Wildman–Crippen LogP) is 2.11. The Hall–Kier alpha value is -1.12. The van der Waals surface area contributed by atoms with E-state index in [1.165, 1.54) is 19.6 Å². The highest BCUT2D eigenvalue weighted by atomic mass is 16.5. The Morgan fingerprint density at radius 1 is 1.53 bits per heavy atom. The molecule has 0 radical (unpaired) electrons. The lowest BCUT2D eigenvalue weighted by atomic mass is 9.85. The number of carbonyl (C=O) groups is 2. The molecule has 3 nitrogen and oxygen atoms in total. The first-order chi connectivity index (χ1) is 7.11. The number of esters is 1. The first-order valence-electron chi connectivity index (χ1n) is 5.35. The van der Waals surface area contributed by atoms with Gasteiger partial charge in [-0.3, -0.25) is 9.59 Å². The van der Waals surface area contributed by atoms with Gasteiger partial charge in [-0.1, -0.05) is 11.6 Å². The molecule has 15 heavy (non-hydrogen) atoms. The fourth-order valence-electron chi connectivity index (χ4n) is 2.38. The van der Waals surface area contributed by atoms with E-state index in [1.807, 2.05) is 13.0 Å². The van der Waals surface area contributed by atoms with Gasteiger partial charge in [0.25, 0.3) is 0 Å². The molecule has 0 N–H and O–H groups in total. The lowest BCUT2D eigenvalue weighted by Gasteiger charge is -2.19. The quantitative estimate of drug-likeness (QED) is 0.407. The van der Waals surface area contributed by atoms with E-state index in [2.05, 4.69) is 0 Å². The Morgan fingerprint density at radius 2 is 2.20 bits per heavy atom. The average Bonchev–Trinajstić information content (AvgIpc) is 2.65. The maximum Gasteiger partial charge on any atom is 0.316 e. The number of rotatable bonds is 3. The van der Waals surface area contributed by atoms with Gasteiger partial charge in [-0.15, -0.1) is 0 Å². The van der Waals surface area contributed by atoms with Gasteiger partial charge in [-0.2, -0.15) is 0 Å². The summed E-state index contributed by atoms with van der Waals surface area (Å²) in [6.07, 6.45) is 5.00. The van der Waals surface area contributed by atoms with Gasteiger partial charge in [0.2, 0.25) is 0 Å². The van der Waals surface area contributed by atoms with Gasteiger partial charge in [-0.05, 0) is 33.1 Å². The molecule has 0 aromatic carbocycles. The number of hydrogen-bond donors (Lipinski definition) is 0. The van der Waals surface area contributed by atoms with Crippen LogP contribution in [0.1, 0.15) is 33.1 Å². The monoisotopic (exact) mass is 210 g/mol. The first-order valence-corrected chi connectivity index (χ1v) is 5.35. The Labute approximate surface area is 90.5 Å². The summed E-state index contributed by atoms with van der Waals surface area (Å²) in [6.45, 7) is 3.43. The summed E-state index contributed by atoms with van der Waals surface area (Å²) in [5.41, 5.74) is 1.22. The summed E-state index contributed by atoms with van der Waals surface area (Å²) in [4.78, 5) is 23.0. The molecule has 0 spiro atoms. The van der Waals surface area contributed by atoms with Gasteiger partial charge >= 0.3 is 5.97 Å². The summed E-state index contributed by atoms with van der Waals surface area (Å²) in [7, 11) is 1.34. The molecule has 0 aliphatic heterocycles. The van der Waals surface area contributed by atoms with E-state index in [0.717, 1.165) is 19.3 Å². The van der Waals surface area contributed by atoms with Crippen LogP contribution in [0.25, 0.3) is 0 Å². The van der Waals surface area contributed by atoms with Crippen LogP contribution in [-0.4, -0.2) is 18.9 Å². The highest BCUT2D eigenvalue weighted by Crippen LogP contribution is 2.37. The third-order valence-corrected chi connectivity index (χ3v) is 3.12. The first kappa shape index (κ1) is 12.0. The van der Waals surface area contributed by atoms with Crippen LogP contribution in [0.2, 0.25) is 0 Å². The normalized spacial score (nSPS) is 25.3. The molecule has 0 aromatic rings. The van der Waals surface area contributed by atoms with Crippen LogP contribution in [0.3, 0.4) is 0 Å². The minimum absolute atomic E-state index is 0.0694. The van der Waals surface area contributed by atoms with E-state index in [1.54, 1.807) is 0 Å². The predicted molar refractivity (Wildman–Crippen MR) is 57.3 cm³/mol. The number of Topliss-reactive ketones (excluding diaryl/α,β-unsaturated/α-hetero) is 1. The molecule has 1 saturated carbocycles. The number of ether oxygens (including phenoxy) is 1. The molecule has 0 aromatic heterocycles. The topological polar surface area (TPSA) is 43.4 Å². The molecule has 84 valence electrons. The summed E-state index contributed by atoms with van der Waals surface area (Å²) < 4.78 is 4.69. The van der Waals surface area contributed by atoms with E-state index in [-0.39, 0.29) is 11.7 Å². The van der Waals surface area contributed by atoms with Gasteiger partial charge in [0.1, 0.15) is 11.7 Å². The molecule has 3 heteroatoms. The summed E-state index contributed by atoms with van der Waals surface area (Å²) in [5, 5.41) is 0. The van der Waals surface area contributed by atoms with Crippen molar-refractivity contribution in [1.29, 1.82) is 0 Å². The maximum atomic E-state index is 11.5. The molecule has 0 heterocycles. The van der Waals surface area contributed by atoms with E-state index in [9.17, 15) is 9.59 Å². The highest BCUT2D eigenvalue weighted by Gasteiger charge is 2.37. The zero-order chi connectivity index (χ0) is 11.4. The van der Waals surface area contributed by atoms with E-state index >= 15 is 0 Å². The Balaban J connectivity index is 2.89. The third-order valence-electron chi connectivity index (χ3n) is 3.12. The summed E-state index contributed by atoms with van der Waals surface area (Å²) in [6, 6.07) is 0. The van der Waals surface area contributed by atoms with Crippen molar-refractivity contribution in [3.8, 4) is 0 Å². The second-order valence-electron chi connectivity index (χ2n) is 3.97. The van der Waals surface area contributed by atoms with E-state index in [4.69, 9.17) is 4.74 Å². The minimum atomic E-state index is -0.594. The molecule has 0 amide bonds. The zero-order valence-corrected chi connectivity index (χ0v) is 9.58. The molecule has 0 bridgehead atoms. The van der Waals surface area contributed by atoms with Crippen LogP contribution in [-0.2, 0) is 14.3 Å². The standard InChI is InChI=1S/C12H18O3/c1-4-9-6-5-7-10(9)11(8(2)13)12(14)15-3/h4,10-11H,5-7H2,1-3H3/b9-4-. The lowest BCUT2D eigenvalue weighted by molar-refractivity contribution is -0.150. The van der Waals surface area contributed by atoms with Crippen molar-refractivity contribution in [3.05, 3.63) is 11.6 Å². The van der Waals surface area contributed by atoms with Gasteiger partial charge in [0.05, 0.1) is 7.11 Å². The molecule has 1 rings (SSSR count). The molecule has 2 unspecified atom stereocenters. The van der Waals surface area contributed by atoms with Crippen molar-refractivity contribution < 1.29 is 14.3 Å². The number of methoxy groups -OCH3 is 1. The van der Waals surface area contributed by atoms with Crippen molar-refractivity contribution in [2.24, 2.45) is 11.8 Å². The molecule has 2 atom stereocenters. The fraction of sp³-hybridized carbons (Fsp3) is 0.667. The molecular formula is C12H18O3. The van der Waals surface area contributed by atoms with Crippen LogP contribution in [0, 0.1) is 11.8 Å². The Bertz CT molecular complexity index is 291. The van der Waals surface area contributed by atoms with Gasteiger partial charge in [0.15, 0.2) is 0 Å². The third kappa shape index (κ3) is 2.46. The Morgan fingerprint density at radius 3 is 2.67 bits per heavy atom. The summed E-state index contributed by atoms with van der Waals surface area (Å²) in [5.74, 6) is -1.01. The average molecular weight is 210 g/mol. The van der Waals surface area contributed by atoms with Gasteiger partial charge < -0.3 is 4.74 Å². The molecule has 1 fully saturated rings. The van der Waals surface area contributed by atoms with Crippen molar-refractivity contribution in [2.45, 2.75) is 33.1 Å². The van der Waals surface area contributed by atoms with Crippen LogP contribution in [0.5, 0.6) is 0 Å². The number of allylic oxidation sites excluding steroid dienone is 2. The van der Waals surface area contributed by atoms with Crippen LogP contribution in [0.4, 0.5) is 0 Å². The fourth-order valence-corrected chi connectivity index (χ4v) is 2.38. The van der Waals surface area contributed by atoms with E-state index < -0.39 is 11.9 Å². The van der Waals surface area contributed by atoms with Crippen molar-refractivity contribution in [3.63, 3.8) is 0 Å². The van der Waals surface area contributed by atoms with Crippen LogP contribution >= 0.6 is 0 Å². The largest absolute Gasteiger partial charge is 0.468 e. The highest BCUT2D eigenvalue weighted by molar-refractivity contribution is 5.98. The molecule has 0 saturated heterocycles. The molecule has 1 aliphatic carbocycles. The van der Waals surface area contributed by atoms with Crippen LogP contribution < -0.4 is 0 Å². The molecule has 1 aliphatic rings. The Kier molecular flexibility index (Phi) is 4.06. The van der Waals surface area contributed by atoms with Gasteiger partial charge in [0, 0.05) is 5.92 Å². The smallest absolute Gasteiger partial charge is 0.316 e. The second kappa shape index (κ2) is 5.10. The lowest BCUT2D eigenvalue weighted by Crippen LogP contribution is -2.30.